The molecule has 0 saturated heterocycles. The van der Waals surface area contributed by atoms with Crippen molar-refractivity contribution in [2.75, 3.05) is 9.31 Å². The molecule has 7 heteroatoms. The average molecular weight is 562 g/mol. The van der Waals surface area contributed by atoms with Gasteiger partial charge in [0.1, 0.15) is 5.41 Å². The second-order valence-corrected chi connectivity index (χ2v) is 12.5. The van der Waals surface area contributed by atoms with Crippen LogP contribution in [0, 0.1) is 19.3 Å². The zero-order valence-corrected chi connectivity index (χ0v) is 24.0. The highest BCUT2D eigenvalue weighted by atomic mass is 32.2. The number of fused-ring (bicyclic) bond motifs is 1. The van der Waals surface area contributed by atoms with Crippen LogP contribution in [0.25, 0.3) is 0 Å². The van der Waals surface area contributed by atoms with Crippen LogP contribution < -0.4 is 9.31 Å². The Bertz CT molecular complexity index is 1780. The third-order valence-electron chi connectivity index (χ3n) is 8.24. The largest absolute Gasteiger partial charge is 0.271 e. The third kappa shape index (κ3) is 3.95. The molecule has 3 atom stereocenters. The van der Waals surface area contributed by atoms with Gasteiger partial charge in [-0.3, -0.25) is 9.10 Å². The van der Waals surface area contributed by atoms with Gasteiger partial charge in [0, 0.05) is 5.92 Å². The molecule has 1 amide bonds. The zero-order chi connectivity index (χ0) is 28.9. The van der Waals surface area contributed by atoms with E-state index >= 15 is 0 Å². The average Bonchev–Trinajstić information content (AvgIpc) is 3.23. The molecule has 0 radical (unpaired) electrons. The molecule has 206 valence electrons. The normalized spacial score (nSPS) is 22.0. The molecule has 4 aromatic carbocycles. The summed E-state index contributed by atoms with van der Waals surface area (Å²) in [6, 6.07) is 30.3. The molecule has 4 aromatic rings. The van der Waals surface area contributed by atoms with Crippen LogP contribution in [0.1, 0.15) is 41.1 Å². The van der Waals surface area contributed by atoms with Crippen LogP contribution in [0.3, 0.4) is 0 Å². The van der Waals surface area contributed by atoms with E-state index in [1.54, 1.807) is 30.3 Å². The number of sulfonamides is 1. The van der Waals surface area contributed by atoms with Gasteiger partial charge in [-0.05, 0) is 67.8 Å². The van der Waals surface area contributed by atoms with Crippen molar-refractivity contribution in [3.05, 3.63) is 138 Å². The summed E-state index contributed by atoms with van der Waals surface area (Å²) in [5.41, 5.74) is 3.56. The Morgan fingerprint density at radius 3 is 2.07 bits per heavy atom. The molecular formula is C34H31N3O3S. The third-order valence-corrected chi connectivity index (χ3v) is 10.0. The standard InChI is InChI=1S/C34H31N3O3S/c1-5-30-29-21-18-24(3)22-31(29)37(41(39,40)28-19-16-23(2)17-20-28)32(26-12-8-6-9-13-26)34(30)25(4)35-36(33(34)38)27-14-10-7-11-15-27/h5-22,30,32H,1H2,2-4H3/t30-,32-,34-/m1/s1. The molecule has 1 spiro atoms. The molecular weight excluding hydrogens is 530 g/mol. The predicted octanol–water partition coefficient (Wildman–Crippen LogP) is 6.93. The minimum atomic E-state index is -4.16. The first-order chi connectivity index (χ1) is 19.7. The molecule has 6 nitrogen and oxygen atoms in total. The van der Waals surface area contributed by atoms with Crippen LogP contribution in [-0.4, -0.2) is 20.0 Å². The van der Waals surface area contributed by atoms with Crippen LogP contribution in [0.15, 0.2) is 126 Å². The number of amides is 1. The maximum Gasteiger partial charge on any atom is 0.264 e. The smallest absolute Gasteiger partial charge is 0.264 e. The molecule has 0 aliphatic carbocycles. The number of hydrogen-bond acceptors (Lipinski definition) is 4. The van der Waals surface area contributed by atoms with Crippen molar-refractivity contribution < 1.29 is 13.2 Å². The maximum atomic E-state index is 14.9. The lowest BCUT2D eigenvalue weighted by Crippen LogP contribution is -2.57. The first-order valence-electron chi connectivity index (χ1n) is 13.6. The molecule has 6 rings (SSSR count). The van der Waals surface area contributed by atoms with Crippen molar-refractivity contribution in [2.24, 2.45) is 10.5 Å². The summed E-state index contributed by atoms with van der Waals surface area (Å²) in [6.07, 6.45) is 1.77. The fourth-order valence-electron chi connectivity index (χ4n) is 6.31. The summed E-state index contributed by atoms with van der Waals surface area (Å²) in [5.74, 6) is -0.840. The summed E-state index contributed by atoms with van der Waals surface area (Å²) < 4.78 is 31.0. The van der Waals surface area contributed by atoms with Crippen LogP contribution in [0.4, 0.5) is 11.4 Å². The highest BCUT2D eigenvalue weighted by Crippen LogP contribution is 2.61. The second-order valence-electron chi connectivity index (χ2n) is 10.7. The van der Waals surface area contributed by atoms with Crippen molar-refractivity contribution in [3.8, 4) is 0 Å². The summed E-state index contributed by atoms with van der Waals surface area (Å²) in [5, 5.41) is 6.23. The Hall–Kier alpha value is -4.49. The van der Waals surface area contributed by atoms with Crippen molar-refractivity contribution in [1.29, 1.82) is 0 Å². The number of anilines is 2. The van der Waals surface area contributed by atoms with Gasteiger partial charge in [-0.2, -0.15) is 10.1 Å². The Morgan fingerprint density at radius 1 is 0.829 bits per heavy atom. The zero-order valence-electron chi connectivity index (χ0n) is 23.2. The van der Waals surface area contributed by atoms with E-state index in [1.807, 2.05) is 99.6 Å². The van der Waals surface area contributed by atoms with E-state index in [4.69, 9.17) is 5.10 Å². The highest BCUT2D eigenvalue weighted by Gasteiger charge is 2.65. The van der Waals surface area contributed by atoms with Gasteiger partial charge in [-0.25, -0.2) is 8.42 Å². The Kier molecular flexibility index (Phi) is 6.42. The Morgan fingerprint density at radius 2 is 1.44 bits per heavy atom. The summed E-state index contributed by atoms with van der Waals surface area (Å²) in [7, 11) is -4.16. The molecule has 0 unspecified atom stereocenters. The summed E-state index contributed by atoms with van der Waals surface area (Å²) in [6.45, 7) is 9.86. The van der Waals surface area contributed by atoms with Crippen LogP contribution in [0.2, 0.25) is 0 Å². The number of benzene rings is 4. The van der Waals surface area contributed by atoms with Crippen molar-refractivity contribution in [2.45, 2.75) is 37.6 Å². The number of para-hydroxylation sites is 1. The number of carbonyl (C=O) groups excluding carboxylic acids is 1. The maximum absolute atomic E-state index is 14.9. The van der Waals surface area contributed by atoms with E-state index in [-0.39, 0.29) is 10.8 Å². The summed E-state index contributed by atoms with van der Waals surface area (Å²) >= 11 is 0. The SMILES string of the molecule is C=C[C@@H]1c2ccc(C)cc2N(S(=O)(=O)c2ccc(C)cc2)[C@H](c2ccccc2)[C@]12C(=O)N(c1ccccc1)N=C2C. The van der Waals surface area contributed by atoms with Crippen molar-refractivity contribution in [1.82, 2.24) is 0 Å². The lowest BCUT2D eigenvalue weighted by Gasteiger charge is -2.51. The second kappa shape index (κ2) is 9.85. The van der Waals surface area contributed by atoms with E-state index in [0.717, 1.165) is 11.1 Å². The van der Waals surface area contributed by atoms with Gasteiger partial charge in [0.2, 0.25) is 0 Å². The topological polar surface area (TPSA) is 70.1 Å². The monoisotopic (exact) mass is 561 g/mol. The van der Waals surface area contributed by atoms with Gasteiger partial charge in [-0.1, -0.05) is 84.4 Å². The highest BCUT2D eigenvalue weighted by molar-refractivity contribution is 7.92. The van der Waals surface area contributed by atoms with E-state index < -0.39 is 27.4 Å². The first-order valence-corrected chi connectivity index (χ1v) is 15.0. The van der Waals surface area contributed by atoms with Gasteiger partial charge in [0.25, 0.3) is 15.9 Å². The molecule has 2 aliphatic heterocycles. The molecule has 2 aliphatic rings. The number of rotatable bonds is 5. The van der Waals surface area contributed by atoms with Crippen LogP contribution in [-0.2, 0) is 14.8 Å². The fraction of sp³-hybridized carbons (Fsp3) is 0.176. The van der Waals surface area contributed by atoms with Gasteiger partial charge < -0.3 is 0 Å². The first kappa shape index (κ1) is 26.7. The van der Waals surface area contributed by atoms with E-state index in [9.17, 15) is 13.2 Å². The number of hydrazone groups is 1. The number of nitrogens with zero attached hydrogens (tertiary/aromatic N) is 3. The molecule has 0 bridgehead atoms. The predicted molar refractivity (Wildman–Crippen MR) is 164 cm³/mol. The minimum Gasteiger partial charge on any atom is -0.271 e. The molecule has 0 saturated carbocycles. The Labute approximate surface area is 241 Å². The van der Waals surface area contributed by atoms with E-state index in [0.29, 0.717) is 28.2 Å². The van der Waals surface area contributed by atoms with Gasteiger partial charge >= 0.3 is 0 Å². The molecule has 0 fully saturated rings. The molecule has 0 N–H and O–H groups in total. The van der Waals surface area contributed by atoms with Crippen molar-refractivity contribution >= 4 is 33.0 Å². The number of allylic oxidation sites excluding steroid dienone is 1. The number of aryl methyl sites for hydroxylation is 2. The molecule has 0 aromatic heterocycles. The van der Waals surface area contributed by atoms with Crippen LogP contribution >= 0.6 is 0 Å². The lowest BCUT2D eigenvalue weighted by atomic mass is 9.60. The summed E-state index contributed by atoms with van der Waals surface area (Å²) in [4.78, 5) is 15.1. The van der Waals surface area contributed by atoms with Crippen molar-refractivity contribution in [3.63, 3.8) is 0 Å². The number of carbonyl (C=O) groups is 1. The quantitative estimate of drug-likeness (QED) is 0.248. The van der Waals surface area contributed by atoms with Gasteiger partial charge in [0.05, 0.1) is 28.0 Å². The van der Waals surface area contributed by atoms with Gasteiger partial charge in [0.15, 0.2) is 0 Å². The minimum absolute atomic E-state index is 0.156. The lowest BCUT2D eigenvalue weighted by molar-refractivity contribution is -0.125. The van der Waals surface area contributed by atoms with Crippen LogP contribution in [0.5, 0.6) is 0 Å². The number of hydrogen-bond donors (Lipinski definition) is 0. The van der Waals surface area contributed by atoms with Gasteiger partial charge in [-0.15, -0.1) is 6.58 Å². The molecule has 41 heavy (non-hydrogen) atoms. The molecule has 2 heterocycles. The van der Waals surface area contributed by atoms with E-state index in [2.05, 4.69) is 6.58 Å². The van der Waals surface area contributed by atoms with E-state index in [1.165, 1.54) is 9.31 Å². The fourth-order valence-corrected chi connectivity index (χ4v) is 8.00. The Balaban J connectivity index is 1.71.